The van der Waals surface area contributed by atoms with Crippen molar-refractivity contribution >= 4 is 23.5 Å². The Kier molecular flexibility index (Phi) is 5.30. The Morgan fingerprint density at radius 2 is 1.60 bits per heavy atom. The summed E-state index contributed by atoms with van der Waals surface area (Å²) in [4.78, 5) is 19.4. The van der Waals surface area contributed by atoms with Crippen LogP contribution in [0.5, 0.6) is 11.5 Å². The van der Waals surface area contributed by atoms with Crippen LogP contribution >= 0.6 is 0 Å². The Morgan fingerprint density at radius 1 is 0.900 bits per heavy atom. The molecule has 0 aliphatic carbocycles. The molecule has 0 spiro atoms. The summed E-state index contributed by atoms with van der Waals surface area (Å²) in [6.07, 6.45) is 1.69. The van der Waals surface area contributed by atoms with Crippen molar-refractivity contribution in [2.24, 2.45) is 4.99 Å². The smallest absolute Gasteiger partial charge is 0.282 e. The summed E-state index contributed by atoms with van der Waals surface area (Å²) in [6, 6.07) is 20.4. The number of methoxy groups -OCH3 is 2. The number of aliphatic imine (C=N–C) groups is 1. The van der Waals surface area contributed by atoms with Crippen molar-refractivity contribution in [2.45, 2.75) is 0 Å². The van der Waals surface area contributed by atoms with Gasteiger partial charge in [-0.25, -0.2) is 9.38 Å². The van der Waals surface area contributed by atoms with Crippen molar-refractivity contribution in [3.05, 3.63) is 95.4 Å². The number of para-hydroxylation sites is 1. The molecule has 4 rings (SSSR count). The first-order chi connectivity index (χ1) is 14.6. The molecule has 3 aromatic rings. The highest BCUT2D eigenvalue weighted by Gasteiger charge is 2.32. The largest absolute Gasteiger partial charge is 0.497 e. The first kappa shape index (κ1) is 19.4. The molecule has 1 amide bonds. The molecule has 1 aliphatic heterocycles. The molecular formula is C24H19FN2O3. The van der Waals surface area contributed by atoms with E-state index in [2.05, 4.69) is 4.99 Å². The number of rotatable bonds is 5. The highest BCUT2D eigenvalue weighted by atomic mass is 19.1. The van der Waals surface area contributed by atoms with E-state index in [1.165, 1.54) is 17.0 Å². The van der Waals surface area contributed by atoms with Gasteiger partial charge in [-0.3, -0.25) is 9.69 Å². The van der Waals surface area contributed by atoms with Crippen LogP contribution in [-0.2, 0) is 4.79 Å². The van der Waals surface area contributed by atoms with Crippen LogP contribution in [0.25, 0.3) is 6.08 Å². The van der Waals surface area contributed by atoms with Crippen LogP contribution in [0.2, 0.25) is 0 Å². The van der Waals surface area contributed by atoms with E-state index >= 15 is 0 Å². The zero-order chi connectivity index (χ0) is 21.1. The third-order valence-electron chi connectivity index (χ3n) is 4.72. The number of anilines is 1. The zero-order valence-corrected chi connectivity index (χ0v) is 16.5. The Morgan fingerprint density at radius 3 is 2.27 bits per heavy atom. The summed E-state index contributed by atoms with van der Waals surface area (Å²) < 4.78 is 24.0. The van der Waals surface area contributed by atoms with Crippen LogP contribution in [0.3, 0.4) is 0 Å². The second-order valence-corrected chi connectivity index (χ2v) is 6.55. The van der Waals surface area contributed by atoms with Gasteiger partial charge in [-0.05, 0) is 60.7 Å². The standard InChI is InChI=1S/C24H19FN2O3/c1-29-20-13-7-16(8-14-20)23-26-21(15-17-5-3-4-6-22(17)30-2)24(28)27(23)19-11-9-18(25)10-12-19/h3-15H,1-2H3/b21-15+. The Labute approximate surface area is 173 Å². The predicted octanol–water partition coefficient (Wildman–Crippen LogP) is 4.68. The molecule has 150 valence electrons. The number of amidine groups is 1. The van der Waals surface area contributed by atoms with Gasteiger partial charge in [-0.2, -0.15) is 0 Å². The van der Waals surface area contributed by atoms with Gasteiger partial charge in [0.15, 0.2) is 0 Å². The maximum atomic E-state index is 13.4. The van der Waals surface area contributed by atoms with E-state index in [1.54, 1.807) is 44.6 Å². The number of ether oxygens (including phenoxy) is 2. The van der Waals surface area contributed by atoms with Crippen molar-refractivity contribution in [1.82, 2.24) is 0 Å². The molecule has 0 saturated heterocycles. The molecule has 5 nitrogen and oxygen atoms in total. The number of carbonyl (C=O) groups is 1. The van der Waals surface area contributed by atoms with Gasteiger partial charge >= 0.3 is 0 Å². The summed E-state index contributed by atoms with van der Waals surface area (Å²) in [5.74, 6) is 1.10. The molecule has 0 bridgehead atoms. The number of carbonyl (C=O) groups excluding carboxylic acids is 1. The number of halogens is 1. The minimum atomic E-state index is -0.377. The second kappa shape index (κ2) is 8.21. The molecule has 6 heteroatoms. The van der Waals surface area contributed by atoms with E-state index in [1.807, 2.05) is 36.4 Å². The minimum Gasteiger partial charge on any atom is -0.497 e. The molecule has 0 aromatic heterocycles. The molecule has 0 fully saturated rings. The fraction of sp³-hybridized carbons (Fsp3) is 0.0833. The SMILES string of the molecule is COc1ccc(C2=N/C(=C/c3ccccc3OC)C(=O)N2c2ccc(F)cc2)cc1. The maximum absolute atomic E-state index is 13.4. The number of benzene rings is 3. The monoisotopic (exact) mass is 402 g/mol. The van der Waals surface area contributed by atoms with Crippen molar-refractivity contribution in [1.29, 1.82) is 0 Å². The minimum absolute atomic E-state index is 0.259. The molecule has 3 aromatic carbocycles. The summed E-state index contributed by atoms with van der Waals surface area (Å²) >= 11 is 0. The van der Waals surface area contributed by atoms with E-state index in [0.29, 0.717) is 23.0 Å². The molecular weight excluding hydrogens is 383 g/mol. The molecule has 1 aliphatic rings. The topological polar surface area (TPSA) is 51.1 Å². The van der Waals surface area contributed by atoms with E-state index in [4.69, 9.17) is 9.47 Å². The average molecular weight is 402 g/mol. The van der Waals surface area contributed by atoms with E-state index in [9.17, 15) is 9.18 Å². The number of nitrogens with zero attached hydrogens (tertiary/aromatic N) is 2. The first-order valence-electron chi connectivity index (χ1n) is 9.28. The Balaban J connectivity index is 1.82. The summed E-state index contributed by atoms with van der Waals surface area (Å²) in [5.41, 5.74) is 2.26. The summed E-state index contributed by atoms with van der Waals surface area (Å²) in [7, 11) is 3.16. The van der Waals surface area contributed by atoms with Crippen LogP contribution < -0.4 is 14.4 Å². The quantitative estimate of drug-likeness (QED) is 0.583. The van der Waals surface area contributed by atoms with Gasteiger partial charge in [0, 0.05) is 11.1 Å². The highest BCUT2D eigenvalue weighted by molar-refractivity contribution is 6.33. The van der Waals surface area contributed by atoms with Gasteiger partial charge in [0.25, 0.3) is 5.91 Å². The predicted molar refractivity (Wildman–Crippen MR) is 114 cm³/mol. The summed E-state index contributed by atoms with van der Waals surface area (Å²) in [6.45, 7) is 0. The van der Waals surface area contributed by atoms with Gasteiger partial charge in [-0.15, -0.1) is 0 Å². The van der Waals surface area contributed by atoms with Gasteiger partial charge in [-0.1, -0.05) is 18.2 Å². The fourth-order valence-corrected chi connectivity index (χ4v) is 3.21. The van der Waals surface area contributed by atoms with Crippen LogP contribution in [-0.4, -0.2) is 26.0 Å². The summed E-state index contributed by atoms with van der Waals surface area (Å²) in [5, 5.41) is 0. The van der Waals surface area contributed by atoms with Crippen LogP contribution in [0.4, 0.5) is 10.1 Å². The Hall–Kier alpha value is -3.93. The first-order valence-corrected chi connectivity index (χ1v) is 9.28. The zero-order valence-electron chi connectivity index (χ0n) is 16.5. The van der Waals surface area contributed by atoms with E-state index in [0.717, 1.165) is 11.1 Å². The van der Waals surface area contributed by atoms with Crippen LogP contribution in [0.1, 0.15) is 11.1 Å². The second-order valence-electron chi connectivity index (χ2n) is 6.55. The highest BCUT2D eigenvalue weighted by Crippen LogP contribution is 2.30. The lowest BCUT2D eigenvalue weighted by molar-refractivity contribution is -0.113. The van der Waals surface area contributed by atoms with E-state index < -0.39 is 0 Å². The lowest BCUT2D eigenvalue weighted by Gasteiger charge is -2.18. The fourth-order valence-electron chi connectivity index (χ4n) is 3.21. The normalized spacial score (nSPS) is 14.8. The number of amides is 1. The lowest BCUT2D eigenvalue weighted by atomic mass is 10.1. The van der Waals surface area contributed by atoms with E-state index in [-0.39, 0.29) is 17.4 Å². The van der Waals surface area contributed by atoms with Crippen molar-refractivity contribution in [2.75, 3.05) is 19.1 Å². The molecule has 0 saturated carbocycles. The molecule has 0 N–H and O–H groups in total. The molecule has 30 heavy (non-hydrogen) atoms. The average Bonchev–Trinajstić information content (AvgIpc) is 3.11. The molecule has 0 unspecified atom stereocenters. The lowest BCUT2D eigenvalue weighted by Crippen LogP contribution is -2.32. The molecule has 1 heterocycles. The van der Waals surface area contributed by atoms with Crippen LogP contribution in [0, 0.1) is 5.82 Å². The third-order valence-corrected chi connectivity index (χ3v) is 4.72. The van der Waals surface area contributed by atoms with Gasteiger partial charge in [0.2, 0.25) is 0 Å². The van der Waals surface area contributed by atoms with Gasteiger partial charge < -0.3 is 9.47 Å². The Bertz CT molecular complexity index is 1140. The van der Waals surface area contributed by atoms with Crippen molar-refractivity contribution in [3.63, 3.8) is 0 Å². The number of hydrogen-bond acceptors (Lipinski definition) is 4. The van der Waals surface area contributed by atoms with Crippen molar-refractivity contribution in [3.8, 4) is 11.5 Å². The van der Waals surface area contributed by atoms with Crippen molar-refractivity contribution < 1.29 is 18.7 Å². The van der Waals surface area contributed by atoms with Gasteiger partial charge in [0.05, 0.1) is 19.9 Å². The molecule has 0 radical (unpaired) electrons. The molecule has 0 atom stereocenters. The third kappa shape index (κ3) is 3.67. The van der Waals surface area contributed by atoms with Gasteiger partial charge in [0.1, 0.15) is 28.8 Å². The number of hydrogen-bond donors (Lipinski definition) is 0. The maximum Gasteiger partial charge on any atom is 0.282 e. The van der Waals surface area contributed by atoms with Crippen LogP contribution in [0.15, 0.2) is 83.5 Å².